The summed E-state index contributed by atoms with van der Waals surface area (Å²) in [6.07, 6.45) is 1.72. The highest BCUT2D eigenvalue weighted by molar-refractivity contribution is 6.30. The molecule has 1 heterocycles. The number of β-amino-alcohol motifs (C(OH)–C–C–N with tert-alkyl or cyclic N) is 1. The van der Waals surface area contributed by atoms with E-state index < -0.39 is 16.9 Å². The highest BCUT2D eigenvalue weighted by atomic mass is 35.5. The maximum absolute atomic E-state index is 12.8. The third kappa shape index (κ3) is 2.30. The van der Waals surface area contributed by atoms with Crippen LogP contribution in [0.4, 0.5) is 0 Å². The lowest BCUT2D eigenvalue weighted by Gasteiger charge is -2.25. The van der Waals surface area contributed by atoms with Crippen LogP contribution in [0.1, 0.15) is 24.8 Å². The fourth-order valence-electron chi connectivity index (χ4n) is 3.01. The molecule has 2 fully saturated rings. The van der Waals surface area contributed by atoms with Crippen molar-refractivity contribution in [2.24, 2.45) is 5.73 Å². The van der Waals surface area contributed by atoms with Crippen LogP contribution in [0.5, 0.6) is 0 Å². The molecule has 1 aliphatic heterocycles. The molecule has 2 amide bonds. The Morgan fingerprint density at radius 3 is 2.52 bits per heavy atom. The molecule has 0 unspecified atom stereocenters. The van der Waals surface area contributed by atoms with E-state index in [1.54, 1.807) is 11.0 Å². The van der Waals surface area contributed by atoms with E-state index in [0.717, 1.165) is 18.4 Å². The summed E-state index contributed by atoms with van der Waals surface area (Å²) in [5.74, 6) is -0.827. The van der Waals surface area contributed by atoms with Gasteiger partial charge in [-0.1, -0.05) is 23.7 Å². The van der Waals surface area contributed by atoms with Gasteiger partial charge in [-0.25, -0.2) is 0 Å². The normalized spacial score (nSPS) is 26.7. The van der Waals surface area contributed by atoms with Crippen molar-refractivity contribution in [3.63, 3.8) is 0 Å². The van der Waals surface area contributed by atoms with E-state index in [1.807, 2.05) is 18.2 Å². The highest BCUT2D eigenvalue weighted by Gasteiger charge is 2.55. The lowest BCUT2D eigenvalue weighted by atomic mass is 9.94. The van der Waals surface area contributed by atoms with Crippen molar-refractivity contribution >= 4 is 23.4 Å². The van der Waals surface area contributed by atoms with Crippen LogP contribution >= 0.6 is 11.6 Å². The van der Waals surface area contributed by atoms with Crippen molar-refractivity contribution < 1.29 is 14.7 Å². The summed E-state index contributed by atoms with van der Waals surface area (Å²) in [6, 6.07) is 7.30. The molecule has 112 valence electrons. The van der Waals surface area contributed by atoms with Gasteiger partial charge in [0, 0.05) is 18.0 Å². The van der Waals surface area contributed by atoms with E-state index in [-0.39, 0.29) is 18.9 Å². The minimum Gasteiger partial charge on any atom is -0.378 e. The average molecular weight is 309 g/mol. The zero-order valence-corrected chi connectivity index (χ0v) is 12.3. The van der Waals surface area contributed by atoms with Gasteiger partial charge in [-0.3, -0.25) is 9.59 Å². The van der Waals surface area contributed by atoms with Gasteiger partial charge in [0.25, 0.3) is 5.91 Å². The molecular weight excluding hydrogens is 292 g/mol. The van der Waals surface area contributed by atoms with E-state index >= 15 is 0 Å². The zero-order valence-electron chi connectivity index (χ0n) is 11.5. The van der Waals surface area contributed by atoms with Gasteiger partial charge in [0.2, 0.25) is 5.91 Å². The number of benzene rings is 1. The molecule has 2 aliphatic rings. The third-order valence-corrected chi connectivity index (χ3v) is 4.77. The summed E-state index contributed by atoms with van der Waals surface area (Å²) in [6.45, 7) is 0.323. The quantitative estimate of drug-likeness (QED) is 0.867. The third-order valence-electron chi connectivity index (χ3n) is 4.53. The molecule has 0 spiro atoms. The van der Waals surface area contributed by atoms with Crippen LogP contribution in [0.25, 0.3) is 0 Å². The minimum absolute atomic E-state index is 0.0243. The number of carbonyl (C=O) groups excluding carboxylic acids is 2. The summed E-state index contributed by atoms with van der Waals surface area (Å²) >= 11 is 6.00. The van der Waals surface area contributed by atoms with E-state index in [4.69, 9.17) is 17.3 Å². The molecule has 1 aromatic carbocycles. The van der Waals surface area contributed by atoms with Gasteiger partial charge in [-0.05, 0) is 30.5 Å². The lowest BCUT2D eigenvalue weighted by Crippen LogP contribution is -2.48. The molecule has 1 saturated carbocycles. The van der Waals surface area contributed by atoms with Gasteiger partial charge < -0.3 is 15.7 Å². The second-order valence-electron chi connectivity index (χ2n) is 5.96. The fraction of sp³-hybridized carbons (Fsp3) is 0.467. The van der Waals surface area contributed by atoms with E-state index in [2.05, 4.69) is 0 Å². The van der Waals surface area contributed by atoms with Crippen LogP contribution in [0.2, 0.25) is 5.02 Å². The summed E-state index contributed by atoms with van der Waals surface area (Å²) in [4.78, 5) is 25.6. The largest absolute Gasteiger partial charge is 0.378 e. The molecule has 3 rings (SSSR count). The lowest BCUT2D eigenvalue weighted by molar-refractivity contribution is -0.138. The number of primary amides is 1. The smallest absolute Gasteiger partial charge is 0.251 e. The molecule has 5 nitrogen and oxygen atoms in total. The summed E-state index contributed by atoms with van der Waals surface area (Å²) in [5, 5.41) is 10.7. The van der Waals surface area contributed by atoms with Crippen molar-refractivity contribution in [2.75, 3.05) is 13.1 Å². The highest BCUT2D eigenvalue weighted by Crippen LogP contribution is 2.50. The molecule has 0 bridgehead atoms. The van der Waals surface area contributed by atoms with Crippen LogP contribution in [0, 0.1) is 0 Å². The van der Waals surface area contributed by atoms with Crippen LogP contribution in [0.15, 0.2) is 24.3 Å². The Kier molecular flexibility index (Phi) is 3.22. The van der Waals surface area contributed by atoms with Gasteiger partial charge in [0.05, 0.1) is 12.0 Å². The molecule has 1 aromatic rings. The first-order chi connectivity index (χ1) is 9.87. The maximum Gasteiger partial charge on any atom is 0.251 e. The number of nitrogens with two attached hydrogens (primary N) is 1. The van der Waals surface area contributed by atoms with Crippen molar-refractivity contribution in [2.45, 2.75) is 30.3 Å². The first-order valence-electron chi connectivity index (χ1n) is 6.95. The Morgan fingerprint density at radius 2 is 2.00 bits per heavy atom. The number of rotatable bonds is 3. The number of likely N-dealkylation sites (tertiary alicyclic amines) is 1. The Labute approximate surface area is 127 Å². The van der Waals surface area contributed by atoms with E-state index in [1.165, 1.54) is 0 Å². The van der Waals surface area contributed by atoms with Gasteiger partial charge >= 0.3 is 0 Å². The Bertz CT molecular complexity index is 615. The van der Waals surface area contributed by atoms with Gasteiger partial charge in [-0.15, -0.1) is 0 Å². The zero-order chi connectivity index (χ0) is 15.3. The monoisotopic (exact) mass is 308 g/mol. The number of carbonyl (C=O) groups is 2. The summed E-state index contributed by atoms with van der Waals surface area (Å²) in [5.41, 5.74) is 3.96. The van der Waals surface area contributed by atoms with Crippen LogP contribution in [0.3, 0.4) is 0 Å². The molecule has 3 N–H and O–H groups in total. The van der Waals surface area contributed by atoms with E-state index in [0.29, 0.717) is 11.6 Å². The van der Waals surface area contributed by atoms with Gasteiger partial charge in [-0.2, -0.15) is 0 Å². The average Bonchev–Trinajstić information content (AvgIpc) is 3.15. The Balaban J connectivity index is 1.82. The molecule has 1 aliphatic carbocycles. The van der Waals surface area contributed by atoms with E-state index in [9.17, 15) is 14.7 Å². The SMILES string of the molecule is NC(=O)[C@]1(O)CCN(C(=O)C2(c3cccc(Cl)c3)CC2)C1. The summed E-state index contributed by atoms with van der Waals surface area (Å²) < 4.78 is 0. The molecule has 1 saturated heterocycles. The van der Waals surface area contributed by atoms with Crippen molar-refractivity contribution in [3.8, 4) is 0 Å². The molecule has 0 aromatic heterocycles. The predicted octanol–water partition coefficient (Wildman–Crippen LogP) is 0.820. The maximum atomic E-state index is 12.8. The number of hydrogen-bond acceptors (Lipinski definition) is 3. The second-order valence-corrected chi connectivity index (χ2v) is 6.40. The van der Waals surface area contributed by atoms with Crippen LogP contribution in [-0.4, -0.2) is 40.5 Å². The van der Waals surface area contributed by atoms with Gasteiger partial charge in [0.1, 0.15) is 0 Å². The summed E-state index contributed by atoms with van der Waals surface area (Å²) in [7, 11) is 0. The van der Waals surface area contributed by atoms with Crippen LogP contribution < -0.4 is 5.73 Å². The second kappa shape index (κ2) is 4.71. The molecule has 21 heavy (non-hydrogen) atoms. The number of hydrogen-bond donors (Lipinski definition) is 2. The first-order valence-corrected chi connectivity index (χ1v) is 7.33. The molecule has 0 radical (unpaired) electrons. The van der Waals surface area contributed by atoms with Crippen molar-refractivity contribution in [3.05, 3.63) is 34.9 Å². The Hall–Kier alpha value is -1.59. The van der Waals surface area contributed by atoms with Gasteiger partial charge in [0.15, 0.2) is 5.60 Å². The molecule has 1 atom stereocenters. The molecular formula is C15H17ClN2O3. The Morgan fingerprint density at radius 1 is 1.29 bits per heavy atom. The van der Waals surface area contributed by atoms with Crippen molar-refractivity contribution in [1.29, 1.82) is 0 Å². The standard InChI is InChI=1S/C15H17ClN2O3/c16-11-3-1-2-10(8-11)14(4-5-14)13(20)18-7-6-15(21,9-18)12(17)19/h1-3,8,21H,4-7,9H2,(H2,17,19)/t15-/m0/s1. The topological polar surface area (TPSA) is 83.6 Å². The minimum atomic E-state index is -1.60. The fourth-order valence-corrected chi connectivity index (χ4v) is 3.20. The number of nitrogens with zero attached hydrogens (tertiary/aromatic N) is 1. The first kappa shape index (κ1) is 14.4. The number of aliphatic hydroxyl groups is 1. The number of halogens is 1. The number of amides is 2. The van der Waals surface area contributed by atoms with Crippen LogP contribution in [-0.2, 0) is 15.0 Å². The van der Waals surface area contributed by atoms with Crippen molar-refractivity contribution in [1.82, 2.24) is 4.90 Å². The molecule has 6 heteroatoms. The predicted molar refractivity (Wildman–Crippen MR) is 77.7 cm³/mol.